The van der Waals surface area contributed by atoms with Crippen molar-refractivity contribution in [2.24, 2.45) is 0 Å². The molecule has 1 saturated heterocycles. The highest BCUT2D eigenvalue weighted by atomic mass is 32.1. The Labute approximate surface area is 126 Å². The molecule has 3 N–H and O–H groups in total. The number of carbonyl (C=O) groups is 1. The van der Waals surface area contributed by atoms with E-state index >= 15 is 0 Å². The van der Waals surface area contributed by atoms with E-state index in [0.717, 1.165) is 32.8 Å². The van der Waals surface area contributed by atoms with Gasteiger partial charge in [0.1, 0.15) is 15.2 Å². The molecule has 7 nitrogen and oxygen atoms in total. The van der Waals surface area contributed by atoms with E-state index in [1.54, 1.807) is 12.4 Å². The molecule has 112 valence electrons. The first-order valence-electron chi connectivity index (χ1n) is 6.83. The Morgan fingerprint density at radius 1 is 1.38 bits per heavy atom. The molecule has 0 radical (unpaired) electrons. The van der Waals surface area contributed by atoms with Crippen LogP contribution in [0.5, 0.6) is 0 Å². The predicted molar refractivity (Wildman–Crippen MR) is 81.4 cm³/mol. The van der Waals surface area contributed by atoms with Crippen LogP contribution >= 0.6 is 11.3 Å². The van der Waals surface area contributed by atoms with Crippen LogP contribution in [0.15, 0.2) is 12.4 Å². The van der Waals surface area contributed by atoms with Gasteiger partial charge in [0.15, 0.2) is 0 Å². The van der Waals surface area contributed by atoms with E-state index in [1.165, 1.54) is 11.3 Å². The number of morpholine rings is 1. The van der Waals surface area contributed by atoms with E-state index in [9.17, 15) is 4.79 Å². The summed E-state index contributed by atoms with van der Waals surface area (Å²) >= 11 is 1.27. The zero-order valence-electron chi connectivity index (χ0n) is 11.5. The maximum absolute atomic E-state index is 12.2. The summed E-state index contributed by atoms with van der Waals surface area (Å²) in [5.41, 5.74) is 6.98. The summed E-state index contributed by atoms with van der Waals surface area (Å²) < 4.78 is 5.29. The van der Waals surface area contributed by atoms with Crippen molar-refractivity contribution in [1.29, 1.82) is 0 Å². The molecule has 8 heteroatoms. The fraction of sp³-hybridized carbons (Fsp3) is 0.462. The quantitative estimate of drug-likeness (QED) is 0.846. The van der Waals surface area contributed by atoms with Gasteiger partial charge in [-0.1, -0.05) is 0 Å². The minimum Gasteiger partial charge on any atom is -0.396 e. The second kappa shape index (κ2) is 6.33. The first kappa shape index (κ1) is 14.2. The number of nitrogens with zero attached hydrogens (tertiary/aromatic N) is 3. The number of hydrogen-bond donors (Lipinski definition) is 2. The van der Waals surface area contributed by atoms with Gasteiger partial charge >= 0.3 is 0 Å². The summed E-state index contributed by atoms with van der Waals surface area (Å²) in [7, 11) is 0. The van der Waals surface area contributed by atoms with Crippen LogP contribution < -0.4 is 11.1 Å². The summed E-state index contributed by atoms with van der Waals surface area (Å²) in [5.74, 6) is -0.162. The van der Waals surface area contributed by atoms with Crippen LogP contribution in [0.25, 0.3) is 10.3 Å². The number of anilines is 1. The lowest BCUT2D eigenvalue weighted by molar-refractivity contribution is 0.0383. The third-order valence-electron chi connectivity index (χ3n) is 3.39. The molecule has 2 aromatic heterocycles. The van der Waals surface area contributed by atoms with Crippen LogP contribution in [0.1, 0.15) is 9.67 Å². The summed E-state index contributed by atoms with van der Waals surface area (Å²) in [4.78, 5) is 24.0. The van der Waals surface area contributed by atoms with Crippen LogP contribution in [0.2, 0.25) is 0 Å². The monoisotopic (exact) mass is 307 g/mol. The van der Waals surface area contributed by atoms with Gasteiger partial charge in [0.05, 0.1) is 18.9 Å². The standard InChI is InChI=1S/C13H17N5O2S/c14-9-10-13(17-2-1-15-10)21-11(9)12(19)16-3-4-18-5-7-20-8-6-18/h1-2H,3-8,14H2,(H,16,19). The normalized spacial score (nSPS) is 16.2. The van der Waals surface area contributed by atoms with Gasteiger partial charge in [0.2, 0.25) is 0 Å². The molecular formula is C13H17N5O2S. The predicted octanol–water partition coefficient (Wildman–Crippen LogP) is 0.336. The number of hydrogen-bond acceptors (Lipinski definition) is 7. The number of aromatic nitrogens is 2. The van der Waals surface area contributed by atoms with E-state index in [4.69, 9.17) is 10.5 Å². The van der Waals surface area contributed by atoms with Gasteiger partial charge in [0.25, 0.3) is 5.91 Å². The molecule has 0 saturated carbocycles. The zero-order valence-corrected chi connectivity index (χ0v) is 12.4. The van der Waals surface area contributed by atoms with Crippen molar-refractivity contribution < 1.29 is 9.53 Å². The van der Waals surface area contributed by atoms with Crippen molar-refractivity contribution in [3.63, 3.8) is 0 Å². The fourth-order valence-corrected chi connectivity index (χ4v) is 3.18. The second-order valence-corrected chi connectivity index (χ2v) is 5.76. The molecule has 3 rings (SSSR count). The van der Waals surface area contributed by atoms with Crippen LogP contribution in [0.4, 0.5) is 5.69 Å². The van der Waals surface area contributed by atoms with Gasteiger partial charge < -0.3 is 15.8 Å². The van der Waals surface area contributed by atoms with E-state index in [-0.39, 0.29) is 5.91 Å². The molecule has 0 atom stereocenters. The molecule has 0 unspecified atom stereocenters. The van der Waals surface area contributed by atoms with Crippen LogP contribution in [-0.4, -0.2) is 60.2 Å². The lowest BCUT2D eigenvalue weighted by Crippen LogP contribution is -2.41. The van der Waals surface area contributed by atoms with Crippen molar-refractivity contribution in [2.75, 3.05) is 45.1 Å². The van der Waals surface area contributed by atoms with Crippen LogP contribution in [0.3, 0.4) is 0 Å². The van der Waals surface area contributed by atoms with Gasteiger partial charge in [-0.25, -0.2) is 9.97 Å². The number of ether oxygens (including phenoxy) is 1. The van der Waals surface area contributed by atoms with Gasteiger partial charge in [-0.2, -0.15) is 0 Å². The van der Waals surface area contributed by atoms with E-state index in [1.807, 2.05) is 0 Å². The lowest BCUT2D eigenvalue weighted by atomic mass is 10.3. The minimum atomic E-state index is -0.162. The van der Waals surface area contributed by atoms with Crippen molar-refractivity contribution >= 4 is 33.3 Å². The van der Waals surface area contributed by atoms with Crippen molar-refractivity contribution in [1.82, 2.24) is 20.2 Å². The highest BCUT2D eigenvalue weighted by Crippen LogP contribution is 2.30. The summed E-state index contributed by atoms with van der Waals surface area (Å²) in [5, 5.41) is 2.90. The molecule has 1 amide bonds. The lowest BCUT2D eigenvalue weighted by Gasteiger charge is -2.26. The number of fused-ring (bicyclic) bond motifs is 1. The highest BCUT2D eigenvalue weighted by Gasteiger charge is 2.18. The molecule has 1 aliphatic rings. The maximum atomic E-state index is 12.2. The van der Waals surface area contributed by atoms with Crippen LogP contribution in [0, 0.1) is 0 Å². The molecule has 0 bridgehead atoms. The Morgan fingerprint density at radius 3 is 2.90 bits per heavy atom. The fourth-order valence-electron chi connectivity index (χ4n) is 2.25. The summed E-state index contributed by atoms with van der Waals surface area (Å²) in [6.45, 7) is 4.75. The maximum Gasteiger partial charge on any atom is 0.263 e. The molecular weight excluding hydrogens is 290 g/mol. The minimum absolute atomic E-state index is 0.162. The van der Waals surface area contributed by atoms with Crippen LogP contribution in [-0.2, 0) is 4.74 Å². The number of carbonyl (C=O) groups excluding carboxylic acids is 1. The molecule has 3 heterocycles. The van der Waals surface area contributed by atoms with Gasteiger partial charge in [0, 0.05) is 38.6 Å². The Morgan fingerprint density at radius 2 is 2.14 bits per heavy atom. The molecule has 0 aliphatic carbocycles. The second-order valence-electron chi connectivity index (χ2n) is 4.76. The largest absolute Gasteiger partial charge is 0.396 e. The number of rotatable bonds is 4. The smallest absolute Gasteiger partial charge is 0.263 e. The van der Waals surface area contributed by atoms with Gasteiger partial charge in [-0.3, -0.25) is 9.69 Å². The molecule has 0 spiro atoms. The van der Waals surface area contributed by atoms with Gasteiger partial charge in [-0.05, 0) is 0 Å². The van der Waals surface area contributed by atoms with Crippen molar-refractivity contribution in [3.8, 4) is 0 Å². The van der Waals surface area contributed by atoms with Crippen molar-refractivity contribution in [2.45, 2.75) is 0 Å². The summed E-state index contributed by atoms with van der Waals surface area (Å²) in [6, 6.07) is 0. The van der Waals surface area contributed by atoms with E-state index in [0.29, 0.717) is 27.5 Å². The molecule has 0 aromatic carbocycles. The summed E-state index contributed by atoms with van der Waals surface area (Å²) in [6.07, 6.45) is 3.17. The third kappa shape index (κ3) is 3.12. The first-order valence-corrected chi connectivity index (χ1v) is 7.64. The molecule has 21 heavy (non-hydrogen) atoms. The molecule has 1 aliphatic heterocycles. The van der Waals surface area contributed by atoms with Crippen molar-refractivity contribution in [3.05, 3.63) is 17.3 Å². The zero-order chi connectivity index (χ0) is 14.7. The number of amides is 1. The SMILES string of the molecule is Nc1c(C(=O)NCCN2CCOCC2)sc2nccnc12. The topological polar surface area (TPSA) is 93.4 Å². The highest BCUT2D eigenvalue weighted by molar-refractivity contribution is 7.21. The third-order valence-corrected chi connectivity index (χ3v) is 4.49. The first-order chi connectivity index (χ1) is 10.3. The Kier molecular flexibility index (Phi) is 4.28. The number of nitrogens with one attached hydrogen (secondary N) is 1. The Bertz CT molecular complexity index is 639. The van der Waals surface area contributed by atoms with Gasteiger partial charge in [-0.15, -0.1) is 11.3 Å². The Hall–Kier alpha value is -1.77. The number of nitrogen functional groups attached to an aromatic ring is 1. The Balaban J connectivity index is 1.60. The van der Waals surface area contributed by atoms with E-state index in [2.05, 4.69) is 20.2 Å². The molecule has 2 aromatic rings. The number of thiophene rings is 1. The average molecular weight is 307 g/mol. The average Bonchev–Trinajstić information content (AvgIpc) is 2.86. The molecule has 1 fully saturated rings. The number of nitrogens with two attached hydrogens (primary N) is 1. The van der Waals surface area contributed by atoms with E-state index < -0.39 is 0 Å².